The molecule has 2 N–H and O–H groups in total. The Labute approximate surface area is 103 Å². The molecule has 0 bridgehead atoms. The normalized spacial score (nSPS) is 23.9. The highest BCUT2D eigenvalue weighted by Gasteiger charge is 2.21. The quantitative estimate of drug-likeness (QED) is 0.791. The number of hydrogen-bond donors (Lipinski definition) is 2. The maximum Gasteiger partial charge on any atom is 0.118 e. The lowest BCUT2D eigenvalue weighted by Gasteiger charge is -2.15. The molecular weight excluding hydrogens is 214 g/mol. The SMILES string of the molecule is Cc1cc(NCC2CCC(C)O2)c(C)cc1O. The summed E-state index contributed by atoms with van der Waals surface area (Å²) in [7, 11) is 0. The van der Waals surface area contributed by atoms with Crippen LogP contribution in [-0.2, 0) is 4.74 Å². The van der Waals surface area contributed by atoms with E-state index in [0.29, 0.717) is 18.0 Å². The molecule has 0 aromatic heterocycles. The van der Waals surface area contributed by atoms with E-state index in [9.17, 15) is 5.11 Å². The molecule has 1 aliphatic heterocycles. The molecule has 2 unspecified atom stereocenters. The van der Waals surface area contributed by atoms with E-state index in [4.69, 9.17) is 4.74 Å². The van der Waals surface area contributed by atoms with Crippen LogP contribution >= 0.6 is 0 Å². The van der Waals surface area contributed by atoms with Crippen LogP contribution in [0.3, 0.4) is 0 Å². The van der Waals surface area contributed by atoms with Crippen LogP contribution in [0.1, 0.15) is 30.9 Å². The fourth-order valence-electron chi connectivity index (χ4n) is 2.25. The molecule has 2 rings (SSSR count). The van der Waals surface area contributed by atoms with E-state index in [2.05, 4.69) is 12.2 Å². The lowest BCUT2D eigenvalue weighted by Crippen LogP contribution is -2.20. The molecule has 3 nitrogen and oxygen atoms in total. The standard InChI is InChI=1S/C14H21NO2/c1-9-7-14(16)10(2)6-13(9)15-8-12-5-4-11(3)17-12/h6-7,11-12,15-16H,4-5,8H2,1-3H3. The molecule has 94 valence electrons. The van der Waals surface area contributed by atoms with Crippen molar-refractivity contribution in [2.45, 2.75) is 45.8 Å². The summed E-state index contributed by atoms with van der Waals surface area (Å²) >= 11 is 0. The highest BCUT2D eigenvalue weighted by atomic mass is 16.5. The Bertz CT molecular complexity index is 403. The van der Waals surface area contributed by atoms with Crippen molar-refractivity contribution in [3.05, 3.63) is 23.3 Å². The smallest absolute Gasteiger partial charge is 0.118 e. The number of aryl methyl sites for hydroxylation is 2. The van der Waals surface area contributed by atoms with Gasteiger partial charge in [0.1, 0.15) is 5.75 Å². The summed E-state index contributed by atoms with van der Waals surface area (Å²) in [6, 6.07) is 3.79. The number of hydrogen-bond acceptors (Lipinski definition) is 3. The minimum atomic E-state index is 0.318. The van der Waals surface area contributed by atoms with E-state index in [0.717, 1.165) is 36.2 Å². The van der Waals surface area contributed by atoms with E-state index in [-0.39, 0.29) is 0 Å². The van der Waals surface area contributed by atoms with Crippen molar-refractivity contribution in [2.24, 2.45) is 0 Å². The van der Waals surface area contributed by atoms with Crippen LogP contribution in [0, 0.1) is 13.8 Å². The van der Waals surface area contributed by atoms with Gasteiger partial charge in [-0.25, -0.2) is 0 Å². The largest absolute Gasteiger partial charge is 0.508 e. The maximum atomic E-state index is 9.59. The Balaban J connectivity index is 1.97. The summed E-state index contributed by atoms with van der Waals surface area (Å²) in [5.41, 5.74) is 3.06. The van der Waals surface area contributed by atoms with E-state index in [1.54, 1.807) is 6.07 Å². The van der Waals surface area contributed by atoms with Gasteiger partial charge >= 0.3 is 0 Å². The lowest BCUT2D eigenvalue weighted by atomic mass is 10.1. The molecule has 1 aromatic rings. The van der Waals surface area contributed by atoms with Crippen molar-refractivity contribution >= 4 is 5.69 Å². The molecule has 1 saturated heterocycles. The fourth-order valence-corrected chi connectivity index (χ4v) is 2.25. The monoisotopic (exact) mass is 235 g/mol. The first kappa shape index (κ1) is 12.2. The minimum Gasteiger partial charge on any atom is -0.508 e. The van der Waals surface area contributed by atoms with Gasteiger partial charge in [0.05, 0.1) is 12.2 Å². The van der Waals surface area contributed by atoms with E-state index in [1.165, 1.54) is 0 Å². The van der Waals surface area contributed by atoms with Crippen LogP contribution in [0.2, 0.25) is 0 Å². The number of aromatic hydroxyl groups is 1. The van der Waals surface area contributed by atoms with Crippen LogP contribution in [0.5, 0.6) is 5.75 Å². The molecule has 1 heterocycles. The zero-order chi connectivity index (χ0) is 12.4. The van der Waals surface area contributed by atoms with E-state index in [1.807, 2.05) is 19.9 Å². The van der Waals surface area contributed by atoms with Crippen LogP contribution in [0.25, 0.3) is 0 Å². The highest BCUT2D eigenvalue weighted by molar-refractivity contribution is 5.56. The zero-order valence-electron chi connectivity index (χ0n) is 10.8. The third-order valence-electron chi connectivity index (χ3n) is 3.38. The topological polar surface area (TPSA) is 41.5 Å². The van der Waals surface area contributed by atoms with Gasteiger partial charge in [-0.2, -0.15) is 0 Å². The summed E-state index contributed by atoms with van der Waals surface area (Å²) in [6.45, 7) is 6.87. The van der Waals surface area contributed by atoms with Gasteiger partial charge < -0.3 is 15.2 Å². The van der Waals surface area contributed by atoms with Crippen molar-refractivity contribution < 1.29 is 9.84 Å². The predicted octanol–water partition coefficient (Wildman–Crippen LogP) is 2.99. The minimum absolute atomic E-state index is 0.318. The molecule has 0 amide bonds. The second-order valence-corrected chi connectivity index (χ2v) is 4.98. The molecule has 0 radical (unpaired) electrons. The molecule has 17 heavy (non-hydrogen) atoms. The van der Waals surface area contributed by atoms with Gasteiger partial charge in [-0.05, 0) is 56.9 Å². The first-order chi connectivity index (χ1) is 8.06. The predicted molar refractivity (Wildman–Crippen MR) is 69.6 cm³/mol. The Hall–Kier alpha value is -1.22. The summed E-state index contributed by atoms with van der Waals surface area (Å²) in [5.74, 6) is 0.360. The lowest BCUT2D eigenvalue weighted by molar-refractivity contribution is 0.0637. The Morgan fingerprint density at radius 1 is 1.29 bits per heavy atom. The molecule has 3 heteroatoms. The van der Waals surface area contributed by atoms with Gasteiger partial charge in [0.15, 0.2) is 0 Å². The summed E-state index contributed by atoms with van der Waals surface area (Å²) in [5, 5.41) is 13.0. The van der Waals surface area contributed by atoms with E-state index >= 15 is 0 Å². The van der Waals surface area contributed by atoms with Crippen molar-refractivity contribution in [1.29, 1.82) is 0 Å². The second kappa shape index (κ2) is 4.96. The Morgan fingerprint density at radius 3 is 2.71 bits per heavy atom. The number of phenols is 1. The summed E-state index contributed by atoms with van der Waals surface area (Å²) in [4.78, 5) is 0. The van der Waals surface area contributed by atoms with Crippen LogP contribution in [0.15, 0.2) is 12.1 Å². The summed E-state index contributed by atoms with van der Waals surface area (Å²) < 4.78 is 5.76. The van der Waals surface area contributed by atoms with Gasteiger partial charge in [0.25, 0.3) is 0 Å². The highest BCUT2D eigenvalue weighted by Crippen LogP contribution is 2.26. The van der Waals surface area contributed by atoms with E-state index < -0.39 is 0 Å². The van der Waals surface area contributed by atoms with Crippen molar-refractivity contribution in [3.63, 3.8) is 0 Å². The molecule has 1 aromatic carbocycles. The average Bonchev–Trinajstić information content (AvgIpc) is 2.68. The van der Waals surface area contributed by atoms with Gasteiger partial charge in [-0.3, -0.25) is 0 Å². The van der Waals surface area contributed by atoms with Crippen molar-refractivity contribution in [1.82, 2.24) is 0 Å². The molecule has 0 saturated carbocycles. The Morgan fingerprint density at radius 2 is 2.06 bits per heavy atom. The van der Waals surface area contributed by atoms with Crippen LogP contribution in [-0.4, -0.2) is 23.9 Å². The van der Waals surface area contributed by atoms with Gasteiger partial charge in [0, 0.05) is 12.2 Å². The molecule has 2 atom stereocenters. The zero-order valence-corrected chi connectivity index (χ0v) is 10.8. The molecule has 1 aliphatic rings. The number of rotatable bonds is 3. The first-order valence-corrected chi connectivity index (χ1v) is 6.26. The average molecular weight is 235 g/mol. The number of nitrogens with one attached hydrogen (secondary N) is 1. The Kier molecular flexibility index (Phi) is 3.57. The molecule has 1 fully saturated rings. The molecule has 0 spiro atoms. The maximum absolute atomic E-state index is 9.59. The number of phenolic OH excluding ortho intramolecular Hbond substituents is 1. The van der Waals surface area contributed by atoms with Crippen LogP contribution < -0.4 is 5.32 Å². The third-order valence-corrected chi connectivity index (χ3v) is 3.38. The van der Waals surface area contributed by atoms with Gasteiger partial charge in [-0.15, -0.1) is 0 Å². The summed E-state index contributed by atoms with van der Waals surface area (Å²) in [6.07, 6.45) is 2.99. The van der Waals surface area contributed by atoms with Gasteiger partial charge in [0.2, 0.25) is 0 Å². The second-order valence-electron chi connectivity index (χ2n) is 4.98. The number of benzene rings is 1. The van der Waals surface area contributed by atoms with Crippen molar-refractivity contribution in [2.75, 3.05) is 11.9 Å². The van der Waals surface area contributed by atoms with Gasteiger partial charge in [-0.1, -0.05) is 0 Å². The first-order valence-electron chi connectivity index (χ1n) is 6.26. The molecule has 0 aliphatic carbocycles. The fraction of sp³-hybridized carbons (Fsp3) is 0.571. The van der Waals surface area contributed by atoms with Crippen LogP contribution in [0.4, 0.5) is 5.69 Å². The van der Waals surface area contributed by atoms with Crippen molar-refractivity contribution in [3.8, 4) is 5.75 Å². The third kappa shape index (κ3) is 2.91. The number of ether oxygens (including phenoxy) is 1. The number of anilines is 1. The molecular formula is C14H21NO2.